The van der Waals surface area contributed by atoms with E-state index in [9.17, 15) is 0 Å². The summed E-state index contributed by atoms with van der Waals surface area (Å²) in [5.41, 5.74) is 5.33. The van der Waals surface area contributed by atoms with E-state index in [4.69, 9.17) is 9.47 Å². The minimum absolute atomic E-state index is 0.202. The van der Waals surface area contributed by atoms with E-state index in [1.54, 1.807) is 0 Å². The lowest BCUT2D eigenvalue weighted by molar-refractivity contribution is 0.331. The van der Waals surface area contributed by atoms with Crippen molar-refractivity contribution in [1.29, 1.82) is 0 Å². The van der Waals surface area contributed by atoms with Crippen LogP contribution in [-0.2, 0) is 9.47 Å². The number of hydrogen-bond acceptors (Lipinski definition) is 2. The molecular formula is C34H26O2. The van der Waals surface area contributed by atoms with E-state index in [2.05, 4.69) is 85.0 Å². The average molecular weight is 467 g/mol. The molecule has 1 unspecified atom stereocenters. The summed E-state index contributed by atoms with van der Waals surface area (Å²) in [7, 11) is 0. The number of hydrogen-bond donors (Lipinski definition) is 0. The van der Waals surface area contributed by atoms with Gasteiger partial charge in [-0.3, -0.25) is 0 Å². The molecule has 2 aliphatic heterocycles. The molecule has 6 rings (SSSR count). The van der Waals surface area contributed by atoms with Crippen LogP contribution in [0.15, 0.2) is 157 Å². The first kappa shape index (κ1) is 21.9. The van der Waals surface area contributed by atoms with Gasteiger partial charge in [-0.1, -0.05) is 115 Å². The molecule has 3 aromatic rings. The van der Waals surface area contributed by atoms with Gasteiger partial charge in [0, 0.05) is 22.6 Å². The van der Waals surface area contributed by atoms with Crippen LogP contribution in [0.2, 0.25) is 0 Å². The van der Waals surface area contributed by atoms with Crippen LogP contribution in [0.4, 0.5) is 0 Å². The Morgan fingerprint density at radius 1 is 0.500 bits per heavy atom. The Hall–Kier alpha value is -4.56. The summed E-state index contributed by atoms with van der Waals surface area (Å²) < 4.78 is 12.9. The van der Waals surface area contributed by atoms with Crippen molar-refractivity contribution in [2.45, 2.75) is 6.42 Å². The molecule has 36 heavy (non-hydrogen) atoms. The molecule has 174 valence electrons. The van der Waals surface area contributed by atoms with E-state index in [1.165, 1.54) is 0 Å². The van der Waals surface area contributed by atoms with Crippen LogP contribution in [-0.4, -0.2) is 0 Å². The molecule has 0 spiro atoms. The largest absolute Gasteiger partial charge is 0.460 e. The van der Waals surface area contributed by atoms with Crippen LogP contribution in [0, 0.1) is 5.92 Å². The minimum atomic E-state index is 0.202. The van der Waals surface area contributed by atoms with E-state index in [1.807, 2.05) is 54.6 Å². The third-order valence-electron chi connectivity index (χ3n) is 6.46. The second-order valence-electron chi connectivity index (χ2n) is 8.94. The highest BCUT2D eigenvalue weighted by Crippen LogP contribution is 2.38. The SMILES string of the molecule is C1=CCC(C2=CC(=C3C=C(c4ccccc4)OC(c4ccccc4)=C3)C=C(c3ccccc3)O2)C=C1. The zero-order valence-electron chi connectivity index (χ0n) is 19.9. The normalized spacial score (nSPS) is 18.9. The first-order chi connectivity index (χ1) is 17.8. The number of rotatable bonds is 4. The highest BCUT2D eigenvalue weighted by molar-refractivity contribution is 5.80. The molecule has 2 nitrogen and oxygen atoms in total. The summed E-state index contributed by atoms with van der Waals surface area (Å²) >= 11 is 0. The van der Waals surface area contributed by atoms with E-state index < -0.39 is 0 Å². The Balaban J connectivity index is 1.52. The van der Waals surface area contributed by atoms with Gasteiger partial charge in [-0.2, -0.15) is 0 Å². The minimum Gasteiger partial charge on any atom is -0.460 e. The monoisotopic (exact) mass is 466 g/mol. The van der Waals surface area contributed by atoms with E-state index in [0.29, 0.717) is 0 Å². The van der Waals surface area contributed by atoms with Crippen molar-refractivity contribution < 1.29 is 9.47 Å². The first-order valence-electron chi connectivity index (χ1n) is 12.3. The molecule has 2 heteroatoms. The maximum atomic E-state index is 6.49. The van der Waals surface area contributed by atoms with Crippen LogP contribution < -0.4 is 0 Å². The fourth-order valence-electron chi connectivity index (χ4n) is 4.57. The Kier molecular flexibility index (Phi) is 6.08. The summed E-state index contributed by atoms with van der Waals surface area (Å²) in [6.07, 6.45) is 18.1. The van der Waals surface area contributed by atoms with E-state index >= 15 is 0 Å². The molecule has 3 aromatic carbocycles. The van der Waals surface area contributed by atoms with Crippen molar-refractivity contribution >= 4 is 17.3 Å². The number of allylic oxidation sites excluding steroid dienone is 10. The van der Waals surface area contributed by atoms with Gasteiger partial charge in [-0.25, -0.2) is 0 Å². The molecule has 0 aromatic heterocycles. The quantitative estimate of drug-likeness (QED) is 0.384. The summed E-state index contributed by atoms with van der Waals surface area (Å²) in [5, 5.41) is 0. The second-order valence-corrected chi connectivity index (χ2v) is 8.94. The second kappa shape index (κ2) is 9.97. The molecular weight excluding hydrogens is 440 g/mol. The van der Waals surface area contributed by atoms with Gasteiger partial charge in [0.2, 0.25) is 0 Å². The Labute approximate surface area is 212 Å². The maximum Gasteiger partial charge on any atom is 0.135 e. The maximum absolute atomic E-state index is 6.49. The molecule has 1 aliphatic carbocycles. The number of benzene rings is 3. The Morgan fingerprint density at radius 3 is 1.44 bits per heavy atom. The molecule has 0 radical (unpaired) electrons. The van der Waals surface area contributed by atoms with Crippen molar-refractivity contribution in [3.8, 4) is 0 Å². The molecule has 0 fully saturated rings. The summed E-state index contributed by atoms with van der Waals surface area (Å²) in [6.45, 7) is 0. The van der Waals surface area contributed by atoms with Crippen LogP contribution >= 0.6 is 0 Å². The summed E-state index contributed by atoms with van der Waals surface area (Å²) in [4.78, 5) is 0. The molecule has 0 bridgehead atoms. The summed E-state index contributed by atoms with van der Waals surface area (Å²) in [6, 6.07) is 30.8. The van der Waals surface area contributed by atoms with Crippen LogP contribution in [0.1, 0.15) is 23.1 Å². The average Bonchev–Trinajstić information content (AvgIpc) is 2.98. The van der Waals surface area contributed by atoms with Crippen molar-refractivity contribution in [1.82, 2.24) is 0 Å². The zero-order chi connectivity index (χ0) is 24.2. The van der Waals surface area contributed by atoms with Gasteiger partial charge in [0.15, 0.2) is 0 Å². The predicted molar refractivity (Wildman–Crippen MR) is 147 cm³/mol. The van der Waals surface area contributed by atoms with Gasteiger partial charge in [-0.15, -0.1) is 0 Å². The molecule has 2 heterocycles. The van der Waals surface area contributed by atoms with Gasteiger partial charge in [0.05, 0.1) is 0 Å². The fraction of sp³-hybridized carbons (Fsp3) is 0.0588. The Morgan fingerprint density at radius 2 is 0.972 bits per heavy atom. The Bertz CT molecular complexity index is 1410. The molecule has 0 saturated carbocycles. The van der Waals surface area contributed by atoms with Gasteiger partial charge >= 0.3 is 0 Å². The van der Waals surface area contributed by atoms with Gasteiger partial charge in [0.25, 0.3) is 0 Å². The van der Waals surface area contributed by atoms with E-state index in [0.717, 1.165) is 57.3 Å². The molecule has 0 saturated heterocycles. The van der Waals surface area contributed by atoms with Gasteiger partial charge in [-0.05, 0) is 41.9 Å². The highest BCUT2D eigenvalue weighted by Gasteiger charge is 2.23. The highest BCUT2D eigenvalue weighted by atomic mass is 16.5. The smallest absolute Gasteiger partial charge is 0.135 e. The van der Waals surface area contributed by atoms with Crippen molar-refractivity contribution in [2.75, 3.05) is 0 Å². The van der Waals surface area contributed by atoms with E-state index in [-0.39, 0.29) is 5.92 Å². The molecule has 1 atom stereocenters. The van der Waals surface area contributed by atoms with Crippen molar-refractivity contribution in [3.05, 3.63) is 173 Å². The molecule has 0 amide bonds. The van der Waals surface area contributed by atoms with Crippen LogP contribution in [0.25, 0.3) is 17.3 Å². The van der Waals surface area contributed by atoms with Crippen molar-refractivity contribution in [3.63, 3.8) is 0 Å². The van der Waals surface area contributed by atoms with Crippen LogP contribution in [0.5, 0.6) is 0 Å². The molecule has 3 aliphatic rings. The fourth-order valence-corrected chi connectivity index (χ4v) is 4.57. The van der Waals surface area contributed by atoms with Gasteiger partial charge in [0.1, 0.15) is 23.0 Å². The third kappa shape index (κ3) is 4.67. The first-order valence-corrected chi connectivity index (χ1v) is 12.3. The predicted octanol–water partition coefficient (Wildman–Crippen LogP) is 8.48. The van der Waals surface area contributed by atoms with Gasteiger partial charge < -0.3 is 9.47 Å². The molecule has 0 N–H and O–H groups in total. The zero-order valence-corrected chi connectivity index (χ0v) is 19.9. The third-order valence-corrected chi connectivity index (χ3v) is 6.46. The standard InChI is InChI=1S/C34H26O2/c1-5-13-25(14-6-1)31-21-29(22-32(35-31)26-15-7-2-8-16-26)30-23-33(27-17-9-3-10-18-27)36-34(24-30)28-19-11-4-12-20-28/h1-19,21-24,28H,20H2. The van der Waals surface area contributed by atoms with Crippen LogP contribution in [0.3, 0.4) is 0 Å². The lowest BCUT2D eigenvalue weighted by Gasteiger charge is -2.25. The lowest BCUT2D eigenvalue weighted by Crippen LogP contribution is -2.10. The topological polar surface area (TPSA) is 18.5 Å². The lowest BCUT2D eigenvalue weighted by atomic mass is 9.92. The van der Waals surface area contributed by atoms with Crippen molar-refractivity contribution in [2.24, 2.45) is 5.92 Å². The summed E-state index contributed by atoms with van der Waals surface area (Å²) in [5.74, 6) is 3.67. The number of ether oxygens (including phenoxy) is 2.